The third-order valence-electron chi connectivity index (χ3n) is 10.2. The van der Waals surface area contributed by atoms with Crippen molar-refractivity contribution < 1.29 is 10.0 Å². The summed E-state index contributed by atoms with van der Waals surface area (Å²) in [5.41, 5.74) is 5.77. The molecule has 0 aliphatic heterocycles. The van der Waals surface area contributed by atoms with Crippen molar-refractivity contribution in [3.8, 4) is 0 Å². The van der Waals surface area contributed by atoms with Crippen molar-refractivity contribution in [3.63, 3.8) is 0 Å². The van der Waals surface area contributed by atoms with Crippen LogP contribution < -0.4 is 20.4 Å². The standard InChI is InChI=1S/C46H45N15O3/c1-32-47-26-34(45(49-32)51-35-16-8-4-9-17-35)27-58-30-41(54-56-58)44(62)43-40(46(50-33(2)48-43)52-36-18-10-5-11-19-36)29-59-28-37(53-55-59)24-25-60(39-22-14-7-15-23-39)42(31-61(63)64)57(3)38-20-12-6-13-21-38/h4-23,26,28,30-31,44,62H,24-25,27,29H2,1-3H3,(H,47,49,51)(H,48,50,52)/b42-31-. The zero-order valence-corrected chi connectivity index (χ0v) is 35.3. The molecule has 18 heteroatoms. The molecular weight excluding hydrogens is 811 g/mol. The number of para-hydroxylation sites is 4. The van der Waals surface area contributed by atoms with E-state index in [0.29, 0.717) is 59.0 Å². The summed E-state index contributed by atoms with van der Waals surface area (Å²) < 4.78 is 3.27. The Morgan fingerprint density at radius 1 is 0.750 bits per heavy atom. The number of hydrogen-bond donors (Lipinski definition) is 3. The lowest BCUT2D eigenvalue weighted by atomic mass is 10.1. The zero-order chi connectivity index (χ0) is 44.4. The van der Waals surface area contributed by atoms with Crippen LogP contribution in [0.5, 0.6) is 0 Å². The molecule has 4 aromatic carbocycles. The highest BCUT2D eigenvalue weighted by Crippen LogP contribution is 2.30. The van der Waals surface area contributed by atoms with E-state index in [1.165, 1.54) is 0 Å². The number of benzene rings is 4. The average molecular weight is 856 g/mol. The largest absolute Gasteiger partial charge is 0.380 e. The molecule has 0 amide bonds. The number of nitrogens with one attached hydrogen (secondary N) is 2. The lowest BCUT2D eigenvalue weighted by Gasteiger charge is -2.32. The van der Waals surface area contributed by atoms with Crippen LogP contribution >= 0.6 is 0 Å². The fourth-order valence-electron chi connectivity index (χ4n) is 7.09. The Bertz CT molecular complexity index is 2840. The smallest absolute Gasteiger partial charge is 0.275 e. The first-order valence-electron chi connectivity index (χ1n) is 20.4. The van der Waals surface area contributed by atoms with Gasteiger partial charge in [0, 0.05) is 66.3 Å². The molecule has 0 saturated carbocycles. The summed E-state index contributed by atoms with van der Waals surface area (Å²) >= 11 is 0. The van der Waals surface area contributed by atoms with Crippen LogP contribution in [0.4, 0.5) is 34.4 Å². The monoisotopic (exact) mass is 855 g/mol. The lowest BCUT2D eigenvalue weighted by molar-refractivity contribution is -0.403. The average Bonchev–Trinajstić information content (AvgIpc) is 3.98. The van der Waals surface area contributed by atoms with Crippen LogP contribution in [0, 0.1) is 24.0 Å². The summed E-state index contributed by atoms with van der Waals surface area (Å²) in [7, 11) is 1.80. The Morgan fingerprint density at radius 2 is 1.33 bits per heavy atom. The second-order valence-electron chi connectivity index (χ2n) is 14.8. The van der Waals surface area contributed by atoms with E-state index in [9.17, 15) is 15.2 Å². The molecule has 0 bridgehead atoms. The SMILES string of the molecule is Cc1ncc(Cn2cc(C(O)c3nc(C)nc(Nc4ccccc4)c3Cn3cc(CCN(/C(=C\[N+](=O)[O-])N(C)c4ccccc4)c4ccccc4)nn3)nn2)c(Nc2ccccc2)n1. The zero-order valence-electron chi connectivity index (χ0n) is 35.3. The maximum Gasteiger partial charge on any atom is 0.275 e. The summed E-state index contributed by atoms with van der Waals surface area (Å²) in [6, 6.07) is 38.3. The maximum absolute atomic E-state index is 12.1. The fraction of sp³-hybridized carbons (Fsp3) is 0.174. The van der Waals surface area contributed by atoms with E-state index in [4.69, 9.17) is 9.97 Å². The van der Waals surface area contributed by atoms with Crippen LogP contribution in [0.15, 0.2) is 152 Å². The van der Waals surface area contributed by atoms with Crippen molar-refractivity contribution in [3.05, 3.63) is 202 Å². The van der Waals surface area contributed by atoms with Gasteiger partial charge in [0.1, 0.15) is 35.1 Å². The molecule has 0 spiro atoms. The lowest BCUT2D eigenvalue weighted by Crippen LogP contribution is -2.35. The third kappa shape index (κ3) is 10.4. The Labute approximate surface area is 368 Å². The molecule has 322 valence electrons. The molecule has 8 aromatic rings. The van der Waals surface area contributed by atoms with Gasteiger partial charge in [0.25, 0.3) is 6.20 Å². The normalized spacial score (nSPS) is 11.8. The molecule has 1 atom stereocenters. The summed E-state index contributed by atoms with van der Waals surface area (Å²) in [4.78, 5) is 33.8. The van der Waals surface area contributed by atoms with E-state index in [0.717, 1.165) is 34.5 Å². The van der Waals surface area contributed by atoms with E-state index in [2.05, 4.69) is 41.2 Å². The van der Waals surface area contributed by atoms with Crippen molar-refractivity contribution >= 4 is 34.4 Å². The number of anilines is 6. The molecule has 4 heterocycles. The number of aliphatic hydroxyl groups is 1. The summed E-state index contributed by atoms with van der Waals surface area (Å²) in [5, 5.41) is 48.6. The Balaban J connectivity index is 1.07. The Morgan fingerprint density at radius 3 is 1.98 bits per heavy atom. The number of nitro groups is 1. The highest BCUT2D eigenvalue weighted by atomic mass is 16.6. The van der Waals surface area contributed by atoms with E-state index < -0.39 is 11.0 Å². The van der Waals surface area contributed by atoms with Crippen molar-refractivity contribution in [2.45, 2.75) is 39.5 Å². The van der Waals surface area contributed by atoms with Gasteiger partial charge in [-0.15, -0.1) is 10.2 Å². The van der Waals surface area contributed by atoms with Gasteiger partial charge in [0.2, 0.25) is 0 Å². The van der Waals surface area contributed by atoms with Crippen molar-refractivity contribution in [2.24, 2.45) is 0 Å². The quantitative estimate of drug-likeness (QED) is 0.0587. The molecule has 0 radical (unpaired) electrons. The molecule has 0 aliphatic rings. The van der Waals surface area contributed by atoms with Gasteiger partial charge in [-0.25, -0.2) is 29.3 Å². The summed E-state index contributed by atoms with van der Waals surface area (Å²) in [6.45, 7) is 4.33. The van der Waals surface area contributed by atoms with Gasteiger partial charge in [-0.1, -0.05) is 83.2 Å². The minimum Gasteiger partial charge on any atom is -0.380 e. The predicted octanol–water partition coefficient (Wildman–Crippen LogP) is 6.99. The maximum atomic E-state index is 12.1. The second kappa shape index (κ2) is 19.6. The first-order valence-corrected chi connectivity index (χ1v) is 20.4. The molecule has 4 aromatic heterocycles. The van der Waals surface area contributed by atoms with Crippen molar-refractivity contribution in [1.29, 1.82) is 0 Å². The van der Waals surface area contributed by atoms with E-state index in [1.807, 2.05) is 139 Å². The van der Waals surface area contributed by atoms with E-state index in [1.54, 1.807) is 40.6 Å². The van der Waals surface area contributed by atoms with Crippen LogP contribution in [-0.2, 0) is 19.5 Å². The highest BCUT2D eigenvalue weighted by Gasteiger charge is 2.26. The summed E-state index contributed by atoms with van der Waals surface area (Å²) in [6.07, 6.45) is 5.33. The number of aliphatic hydroxyl groups excluding tert-OH is 1. The molecule has 18 nitrogen and oxygen atoms in total. The number of rotatable bonds is 18. The van der Waals surface area contributed by atoms with Crippen LogP contribution in [-0.4, -0.2) is 73.5 Å². The molecule has 1 unspecified atom stereocenters. The number of aryl methyl sites for hydroxylation is 2. The topological polar surface area (TPSA) is 207 Å². The molecule has 64 heavy (non-hydrogen) atoms. The number of nitrogens with zero attached hydrogens (tertiary/aromatic N) is 13. The first-order chi connectivity index (χ1) is 31.2. The van der Waals surface area contributed by atoms with Gasteiger partial charge >= 0.3 is 0 Å². The van der Waals surface area contributed by atoms with Gasteiger partial charge < -0.3 is 25.5 Å². The molecule has 8 rings (SSSR count). The van der Waals surface area contributed by atoms with Gasteiger partial charge in [0.05, 0.1) is 35.6 Å². The van der Waals surface area contributed by atoms with Gasteiger partial charge in [-0.2, -0.15) is 0 Å². The molecule has 0 aliphatic carbocycles. The van der Waals surface area contributed by atoms with E-state index >= 15 is 0 Å². The predicted molar refractivity (Wildman–Crippen MR) is 243 cm³/mol. The molecular formula is C46H45N15O3. The van der Waals surface area contributed by atoms with Gasteiger partial charge in [-0.05, 0) is 62.4 Å². The van der Waals surface area contributed by atoms with Crippen molar-refractivity contribution in [2.75, 3.05) is 34.0 Å². The Hall–Kier alpha value is -8.38. The summed E-state index contributed by atoms with van der Waals surface area (Å²) in [5.74, 6) is 2.52. The number of hydrogen-bond acceptors (Lipinski definition) is 15. The van der Waals surface area contributed by atoms with Gasteiger partial charge in [-0.3, -0.25) is 10.1 Å². The van der Waals surface area contributed by atoms with Gasteiger partial charge in [0.15, 0.2) is 5.82 Å². The van der Waals surface area contributed by atoms with Crippen LogP contribution in [0.25, 0.3) is 0 Å². The number of aromatic nitrogens is 10. The highest BCUT2D eigenvalue weighted by molar-refractivity contribution is 5.62. The molecule has 3 N–H and O–H groups in total. The van der Waals surface area contributed by atoms with Crippen LogP contribution in [0.2, 0.25) is 0 Å². The molecule has 0 fully saturated rings. The minimum atomic E-state index is -1.30. The second-order valence-corrected chi connectivity index (χ2v) is 14.8. The third-order valence-corrected chi connectivity index (χ3v) is 10.2. The minimum absolute atomic E-state index is 0.129. The van der Waals surface area contributed by atoms with Crippen LogP contribution in [0.1, 0.15) is 46.0 Å². The van der Waals surface area contributed by atoms with E-state index in [-0.39, 0.29) is 18.8 Å². The van der Waals surface area contributed by atoms with Crippen LogP contribution in [0.3, 0.4) is 0 Å². The fourth-order valence-corrected chi connectivity index (χ4v) is 7.09. The molecule has 0 saturated heterocycles. The Kier molecular flexibility index (Phi) is 12.9. The first kappa shape index (κ1) is 42.3. The van der Waals surface area contributed by atoms with Crippen molar-refractivity contribution in [1.82, 2.24) is 49.9 Å².